The standard InChI is InChI=1S/C17H21NO4/c1-20-14-6-4-12(5-7-14)10-18-11-13-8-15(21-2)17(19)16(9-13)22-3/h4-9,18-19H,10-11H2,1-3H3/p+1. The number of hydrogen-bond donors (Lipinski definition) is 2. The van der Waals surface area contributed by atoms with Gasteiger partial charge in [-0.15, -0.1) is 0 Å². The van der Waals surface area contributed by atoms with E-state index in [2.05, 4.69) is 5.32 Å². The third-order valence-electron chi connectivity index (χ3n) is 3.46. The van der Waals surface area contributed by atoms with Gasteiger partial charge in [0, 0.05) is 11.1 Å². The first-order valence-corrected chi connectivity index (χ1v) is 7.06. The van der Waals surface area contributed by atoms with E-state index in [9.17, 15) is 5.11 Å². The van der Waals surface area contributed by atoms with E-state index in [4.69, 9.17) is 14.2 Å². The quantitative estimate of drug-likeness (QED) is 0.817. The van der Waals surface area contributed by atoms with E-state index in [0.29, 0.717) is 11.5 Å². The SMILES string of the molecule is COc1ccc(C[NH2+]Cc2cc(OC)c(O)c(OC)c2)cc1. The fourth-order valence-electron chi connectivity index (χ4n) is 2.23. The molecule has 0 amide bonds. The van der Waals surface area contributed by atoms with Gasteiger partial charge in [-0.2, -0.15) is 0 Å². The molecular formula is C17H22NO4+. The number of methoxy groups -OCH3 is 3. The van der Waals surface area contributed by atoms with Crippen LogP contribution in [0.2, 0.25) is 0 Å². The lowest BCUT2D eigenvalue weighted by atomic mass is 10.1. The van der Waals surface area contributed by atoms with Gasteiger partial charge in [0.1, 0.15) is 18.8 Å². The Morgan fingerprint density at radius 1 is 0.818 bits per heavy atom. The monoisotopic (exact) mass is 304 g/mol. The van der Waals surface area contributed by atoms with E-state index in [1.165, 1.54) is 19.8 Å². The van der Waals surface area contributed by atoms with Crippen molar-refractivity contribution in [3.63, 3.8) is 0 Å². The van der Waals surface area contributed by atoms with Gasteiger partial charge in [0.25, 0.3) is 0 Å². The zero-order chi connectivity index (χ0) is 15.9. The molecule has 0 aliphatic rings. The number of phenols is 1. The van der Waals surface area contributed by atoms with Gasteiger partial charge in [0.15, 0.2) is 11.5 Å². The van der Waals surface area contributed by atoms with Crippen molar-refractivity contribution in [1.82, 2.24) is 0 Å². The van der Waals surface area contributed by atoms with Crippen LogP contribution < -0.4 is 19.5 Å². The minimum absolute atomic E-state index is 0.0314. The number of aromatic hydroxyl groups is 1. The molecule has 0 spiro atoms. The minimum Gasteiger partial charge on any atom is -0.502 e. The highest BCUT2D eigenvalue weighted by atomic mass is 16.5. The topological polar surface area (TPSA) is 64.5 Å². The summed E-state index contributed by atoms with van der Waals surface area (Å²) in [7, 11) is 4.71. The first kappa shape index (κ1) is 16.0. The van der Waals surface area contributed by atoms with E-state index >= 15 is 0 Å². The highest BCUT2D eigenvalue weighted by molar-refractivity contribution is 5.52. The largest absolute Gasteiger partial charge is 0.502 e. The average molecular weight is 304 g/mol. The summed E-state index contributed by atoms with van der Waals surface area (Å²) in [6.45, 7) is 1.62. The van der Waals surface area contributed by atoms with Gasteiger partial charge in [-0.3, -0.25) is 0 Å². The van der Waals surface area contributed by atoms with E-state index in [1.54, 1.807) is 7.11 Å². The van der Waals surface area contributed by atoms with Gasteiger partial charge >= 0.3 is 0 Å². The molecule has 0 fully saturated rings. The fourth-order valence-corrected chi connectivity index (χ4v) is 2.23. The van der Waals surface area contributed by atoms with Crippen LogP contribution in [0.25, 0.3) is 0 Å². The summed E-state index contributed by atoms with van der Waals surface area (Å²) in [6, 6.07) is 11.6. The Bertz CT molecular complexity index is 586. The van der Waals surface area contributed by atoms with Crippen LogP contribution in [0.3, 0.4) is 0 Å². The number of hydrogen-bond acceptors (Lipinski definition) is 4. The zero-order valence-electron chi connectivity index (χ0n) is 13.1. The molecule has 0 unspecified atom stereocenters. The fraction of sp³-hybridized carbons (Fsp3) is 0.294. The summed E-state index contributed by atoms with van der Waals surface area (Å²) in [5.74, 6) is 1.74. The van der Waals surface area contributed by atoms with Crippen molar-refractivity contribution in [2.45, 2.75) is 13.1 Å². The number of nitrogens with two attached hydrogens (primary N) is 1. The smallest absolute Gasteiger partial charge is 0.200 e. The summed E-state index contributed by atoms with van der Waals surface area (Å²) in [4.78, 5) is 0. The summed E-state index contributed by atoms with van der Waals surface area (Å²) < 4.78 is 15.5. The average Bonchev–Trinajstić information content (AvgIpc) is 2.56. The molecule has 0 aromatic heterocycles. The van der Waals surface area contributed by atoms with E-state index in [0.717, 1.165) is 24.4 Å². The third-order valence-corrected chi connectivity index (χ3v) is 3.46. The second kappa shape index (κ2) is 7.56. The van der Waals surface area contributed by atoms with Crippen molar-refractivity contribution in [2.75, 3.05) is 21.3 Å². The highest BCUT2D eigenvalue weighted by Gasteiger charge is 2.11. The molecular weight excluding hydrogens is 282 g/mol. The molecule has 0 heterocycles. The lowest BCUT2D eigenvalue weighted by molar-refractivity contribution is -0.686. The summed E-state index contributed by atoms with van der Waals surface area (Å²) in [5, 5.41) is 12.1. The Balaban J connectivity index is 1.98. The van der Waals surface area contributed by atoms with Crippen molar-refractivity contribution in [2.24, 2.45) is 0 Å². The van der Waals surface area contributed by atoms with Crippen molar-refractivity contribution in [1.29, 1.82) is 0 Å². The molecule has 0 radical (unpaired) electrons. The van der Waals surface area contributed by atoms with Crippen LogP contribution in [-0.2, 0) is 13.1 Å². The first-order valence-electron chi connectivity index (χ1n) is 7.06. The van der Waals surface area contributed by atoms with E-state index in [-0.39, 0.29) is 5.75 Å². The van der Waals surface area contributed by atoms with Crippen LogP contribution in [0, 0.1) is 0 Å². The maximum atomic E-state index is 9.89. The van der Waals surface area contributed by atoms with Gasteiger partial charge in [-0.1, -0.05) is 0 Å². The third kappa shape index (κ3) is 3.83. The van der Waals surface area contributed by atoms with Crippen LogP contribution in [0.1, 0.15) is 11.1 Å². The van der Waals surface area contributed by atoms with E-state index in [1.807, 2.05) is 36.4 Å². The van der Waals surface area contributed by atoms with Gasteiger partial charge in [0.2, 0.25) is 5.75 Å². The molecule has 0 saturated heterocycles. The predicted octanol–water partition coefficient (Wildman–Crippen LogP) is 1.68. The maximum Gasteiger partial charge on any atom is 0.200 e. The molecule has 118 valence electrons. The van der Waals surface area contributed by atoms with Gasteiger partial charge in [-0.05, 0) is 36.4 Å². The van der Waals surface area contributed by atoms with Gasteiger partial charge in [-0.25, -0.2) is 0 Å². The van der Waals surface area contributed by atoms with Crippen LogP contribution in [0.4, 0.5) is 0 Å². The Kier molecular flexibility index (Phi) is 5.49. The molecule has 0 bridgehead atoms. The van der Waals surface area contributed by atoms with Gasteiger partial charge in [0.05, 0.1) is 21.3 Å². The lowest BCUT2D eigenvalue weighted by Crippen LogP contribution is -2.80. The Labute approximate surface area is 130 Å². The maximum absolute atomic E-state index is 9.89. The van der Waals surface area contributed by atoms with Crippen LogP contribution in [0.15, 0.2) is 36.4 Å². The lowest BCUT2D eigenvalue weighted by Gasteiger charge is -2.11. The Morgan fingerprint density at radius 2 is 1.36 bits per heavy atom. The normalized spacial score (nSPS) is 10.3. The molecule has 0 aliphatic carbocycles. The first-order chi connectivity index (χ1) is 10.7. The van der Waals surface area contributed by atoms with Crippen LogP contribution >= 0.6 is 0 Å². The van der Waals surface area contributed by atoms with Crippen molar-refractivity contribution in [3.8, 4) is 23.0 Å². The number of quaternary nitrogens is 1. The van der Waals surface area contributed by atoms with Crippen LogP contribution in [0.5, 0.6) is 23.0 Å². The number of ether oxygens (including phenoxy) is 3. The number of benzene rings is 2. The molecule has 2 aromatic carbocycles. The predicted molar refractivity (Wildman–Crippen MR) is 83.5 cm³/mol. The molecule has 5 heteroatoms. The van der Waals surface area contributed by atoms with Crippen molar-refractivity contribution < 1.29 is 24.6 Å². The summed E-state index contributed by atoms with van der Waals surface area (Å²) in [5.41, 5.74) is 2.25. The molecule has 3 N–H and O–H groups in total. The Hall–Kier alpha value is -2.40. The minimum atomic E-state index is 0.0314. The van der Waals surface area contributed by atoms with Crippen LogP contribution in [-0.4, -0.2) is 26.4 Å². The zero-order valence-corrected chi connectivity index (χ0v) is 13.1. The summed E-state index contributed by atoms with van der Waals surface area (Å²) in [6.07, 6.45) is 0. The Morgan fingerprint density at radius 3 is 1.86 bits per heavy atom. The highest BCUT2D eigenvalue weighted by Crippen LogP contribution is 2.36. The molecule has 0 aliphatic heterocycles. The summed E-state index contributed by atoms with van der Waals surface area (Å²) >= 11 is 0. The molecule has 0 saturated carbocycles. The molecule has 22 heavy (non-hydrogen) atoms. The molecule has 0 atom stereocenters. The second-order valence-corrected chi connectivity index (χ2v) is 4.89. The second-order valence-electron chi connectivity index (χ2n) is 4.89. The van der Waals surface area contributed by atoms with E-state index < -0.39 is 0 Å². The van der Waals surface area contributed by atoms with Gasteiger partial charge < -0.3 is 24.6 Å². The van der Waals surface area contributed by atoms with Crippen molar-refractivity contribution in [3.05, 3.63) is 47.5 Å². The number of phenolic OH excluding ortho intramolecular Hbond substituents is 1. The molecule has 2 rings (SSSR count). The molecule has 5 nitrogen and oxygen atoms in total. The van der Waals surface area contributed by atoms with Crippen molar-refractivity contribution >= 4 is 0 Å². The molecule has 2 aromatic rings. The number of rotatable bonds is 7.